The molecule has 174 valence electrons. The molecule has 1 heterocycles. The van der Waals surface area contributed by atoms with Gasteiger partial charge in [-0.25, -0.2) is 4.79 Å². The molecule has 0 aliphatic carbocycles. The summed E-state index contributed by atoms with van der Waals surface area (Å²) in [4.78, 5) is 52.4. The first-order valence-corrected chi connectivity index (χ1v) is 10.5. The Morgan fingerprint density at radius 2 is 1.88 bits per heavy atom. The summed E-state index contributed by atoms with van der Waals surface area (Å²) in [5, 5.41) is 21.3. The van der Waals surface area contributed by atoms with E-state index in [-0.39, 0.29) is 6.42 Å². The van der Waals surface area contributed by atoms with Crippen LogP contribution in [-0.2, 0) is 25.6 Å². The number of H-pyrrole nitrogens is 1. The van der Waals surface area contributed by atoms with Crippen molar-refractivity contribution in [2.24, 2.45) is 5.73 Å². The zero-order valence-corrected chi connectivity index (χ0v) is 18.2. The number of nitrogens with zero attached hydrogens (tertiary/aromatic N) is 1. The molecule has 6 N–H and O–H groups in total. The monoisotopic (exact) mass is 446 g/mol. The summed E-state index contributed by atoms with van der Waals surface area (Å²) in [6.45, 7) is 1.92. The van der Waals surface area contributed by atoms with Gasteiger partial charge in [-0.1, -0.05) is 38.0 Å². The minimum atomic E-state index is -1.59. The molecular formula is C22H30N4O6. The van der Waals surface area contributed by atoms with E-state index >= 15 is 0 Å². The lowest BCUT2D eigenvalue weighted by Crippen LogP contribution is -2.55. The van der Waals surface area contributed by atoms with E-state index in [1.54, 1.807) is 6.20 Å². The predicted octanol–water partition coefficient (Wildman–Crippen LogP) is 1.10. The van der Waals surface area contributed by atoms with Crippen LogP contribution in [0.1, 0.15) is 38.2 Å². The van der Waals surface area contributed by atoms with E-state index < -0.39 is 48.3 Å². The Balaban J connectivity index is 2.14. The van der Waals surface area contributed by atoms with Crippen molar-refractivity contribution in [2.75, 3.05) is 7.05 Å². The number of hydrogen-bond donors (Lipinski definition) is 5. The van der Waals surface area contributed by atoms with Gasteiger partial charge in [0.15, 0.2) is 0 Å². The minimum Gasteiger partial charge on any atom is -0.481 e. The topological polar surface area (TPSA) is 166 Å². The largest absolute Gasteiger partial charge is 0.481 e. The summed E-state index contributed by atoms with van der Waals surface area (Å²) in [7, 11) is 1.45. The number of carbonyl (C=O) groups excluding carboxylic acids is 2. The number of para-hydroxylation sites is 1. The van der Waals surface area contributed by atoms with Crippen LogP contribution in [0.5, 0.6) is 0 Å². The second-order valence-electron chi connectivity index (χ2n) is 7.77. The van der Waals surface area contributed by atoms with E-state index in [1.807, 2.05) is 31.2 Å². The van der Waals surface area contributed by atoms with E-state index in [0.717, 1.165) is 22.9 Å². The van der Waals surface area contributed by atoms with Crippen LogP contribution in [0.3, 0.4) is 0 Å². The number of amides is 2. The van der Waals surface area contributed by atoms with Gasteiger partial charge in [-0.05, 0) is 24.5 Å². The molecule has 3 atom stereocenters. The number of rotatable bonds is 12. The van der Waals surface area contributed by atoms with E-state index in [1.165, 1.54) is 11.9 Å². The van der Waals surface area contributed by atoms with E-state index in [2.05, 4.69) is 10.3 Å². The van der Waals surface area contributed by atoms with Gasteiger partial charge in [-0.3, -0.25) is 14.4 Å². The van der Waals surface area contributed by atoms with Crippen LogP contribution in [0.2, 0.25) is 0 Å². The number of nitrogens with two attached hydrogens (primary N) is 1. The molecule has 0 saturated heterocycles. The second kappa shape index (κ2) is 11.3. The first-order chi connectivity index (χ1) is 15.1. The van der Waals surface area contributed by atoms with E-state index in [9.17, 15) is 24.3 Å². The van der Waals surface area contributed by atoms with Crippen molar-refractivity contribution in [3.05, 3.63) is 36.0 Å². The van der Waals surface area contributed by atoms with Gasteiger partial charge >= 0.3 is 11.9 Å². The van der Waals surface area contributed by atoms with Gasteiger partial charge in [0.25, 0.3) is 0 Å². The fourth-order valence-corrected chi connectivity index (χ4v) is 3.58. The lowest BCUT2D eigenvalue weighted by atomic mass is 10.0. The molecule has 2 rings (SSSR count). The summed E-state index contributed by atoms with van der Waals surface area (Å²) in [6.07, 6.45) is 2.95. The maximum atomic E-state index is 13.0. The van der Waals surface area contributed by atoms with Gasteiger partial charge < -0.3 is 31.1 Å². The van der Waals surface area contributed by atoms with E-state index in [4.69, 9.17) is 10.8 Å². The fraction of sp³-hybridized carbons (Fsp3) is 0.455. The first kappa shape index (κ1) is 24.9. The highest BCUT2D eigenvalue weighted by molar-refractivity contribution is 5.93. The molecule has 0 aliphatic rings. The maximum absolute atomic E-state index is 13.0. The number of likely N-dealkylation sites (N-methyl/N-ethyl adjacent to an activating group) is 1. The van der Waals surface area contributed by atoms with Gasteiger partial charge in [-0.2, -0.15) is 0 Å². The molecule has 1 aromatic carbocycles. The summed E-state index contributed by atoms with van der Waals surface area (Å²) < 4.78 is 0. The van der Waals surface area contributed by atoms with Crippen LogP contribution in [0.15, 0.2) is 30.5 Å². The second-order valence-corrected chi connectivity index (χ2v) is 7.77. The lowest BCUT2D eigenvalue weighted by Gasteiger charge is -2.30. The molecule has 2 aromatic rings. The molecule has 2 amide bonds. The van der Waals surface area contributed by atoms with Crippen molar-refractivity contribution in [1.29, 1.82) is 0 Å². The maximum Gasteiger partial charge on any atom is 0.326 e. The Bertz CT molecular complexity index is 972. The molecular weight excluding hydrogens is 416 g/mol. The number of aromatic amines is 1. The van der Waals surface area contributed by atoms with Crippen molar-refractivity contribution in [2.45, 2.75) is 57.2 Å². The smallest absolute Gasteiger partial charge is 0.326 e. The highest BCUT2D eigenvalue weighted by Gasteiger charge is 2.32. The molecule has 0 bridgehead atoms. The van der Waals surface area contributed by atoms with Crippen LogP contribution in [0.4, 0.5) is 0 Å². The molecule has 1 aromatic heterocycles. The highest BCUT2D eigenvalue weighted by atomic mass is 16.4. The average Bonchev–Trinajstić information content (AvgIpc) is 3.15. The van der Waals surface area contributed by atoms with Crippen LogP contribution < -0.4 is 11.1 Å². The Kier molecular flexibility index (Phi) is 8.77. The quantitative estimate of drug-likeness (QED) is 0.325. The summed E-state index contributed by atoms with van der Waals surface area (Å²) in [5.41, 5.74) is 7.97. The highest BCUT2D eigenvalue weighted by Crippen LogP contribution is 2.19. The van der Waals surface area contributed by atoms with Crippen molar-refractivity contribution in [3.8, 4) is 0 Å². The molecule has 32 heavy (non-hydrogen) atoms. The zero-order valence-electron chi connectivity index (χ0n) is 18.2. The standard InChI is InChI=1S/C22H30N4O6/c1-3-4-9-18(20(29)25-17(22(31)32)11-19(27)28)26(2)21(30)15(23)10-13-12-24-16-8-6-5-7-14(13)16/h5-8,12,15,17-18,24H,3-4,9-11,23H2,1-2H3,(H,25,29)(H,27,28)(H,31,32)/t15-,17-,18-/m0/s1. The number of carbonyl (C=O) groups is 4. The number of aromatic nitrogens is 1. The number of carboxylic acid groups (broad SMARTS) is 2. The zero-order chi connectivity index (χ0) is 23.8. The molecule has 0 fully saturated rings. The molecule has 0 radical (unpaired) electrons. The number of fused-ring (bicyclic) bond motifs is 1. The number of unbranched alkanes of at least 4 members (excludes halogenated alkanes) is 1. The van der Waals surface area contributed by atoms with Crippen LogP contribution in [0.25, 0.3) is 10.9 Å². The molecule has 0 aliphatic heterocycles. The third-order valence-electron chi connectivity index (χ3n) is 5.37. The number of benzene rings is 1. The SMILES string of the molecule is CCCC[C@@H](C(=O)N[C@@H](CC(=O)O)C(=O)O)N(C)C(=O)[C@@H](N)Cc1c[nH]c2ccccc12. The molecule has 0 saturated carbocycles. The lowest BCUT2D eigenvalue weighted by molar-refractivity contribution is -0.148. The summed E-state index contributed by atoms with van der Waals surface area (Å²) >= 11 is 0. The fourth-order valence-electron chi connectivity index (χ4n) is 3.58. The number of hydrogen-bond acceptors (Lipinski definition) is 5. The molecule has 10 heteroatoms. The molecule has 0 spiro atoms. The van der Waals surface area contributed by atoms with Crippen molar-refractivity contribution in [3.63, 3.8) is 0 Å². The van der Waals surface area contributed by atoms with Gasteiger partial charge in [0.05, 0.1) is 12.5 Å². The Morgan fingerprint density at radius 1 is 1.19 bits per heavy atom. The van der Waals surface area contributed by atoms with Crippen molar-refractivity contribution < 1.29 is 29.4 Å². The Morgan fingerprint density at radius 3 is 2.50 bits per heavy atom. The summed E-state index contributed by atoms with van der Waals surface area (Å²) in [5.74, 6) is -3.99. The Hall–Kier alpha value is -3.40. The minimum absolute atomic E-state index is 0.256. The number of aliphatic carboxylic acids is 2. The van der Waals surface area contributed by atoms with Crippen molar-refractivity contribution >= 4 is 34.7 Å². The first-order valence-electron chi connectivity index (χ1n) is 10.5. The van der Waals surface area contributed by atoms with Crippen LogP contribution >= 0.6 is 0 Å². The normalized spacial score (nSPS) is 13.8. The van der Waals surface area contributed by atoms with E-state index in [0.29, 0.717) is 12.8 Å². The van der Waals surface area contributed by atoms with Crippen molar-refractivity contribution in [1.82, 2.24) is 15.2 Å². The van der Waals surface area contributed by atoms with Gasteiger partial charge in [0, 0.05) is 24.1 Å². The summed E-state index contributed by atoms with van der Waals surface area (Å²) in [6, 6.07) is 4.16. The number of carboxylic acids is 2. The van der Waals surface area contributed by atoms with Gasteiger partial charge in [0.1, 0.15) is 12.1 Å². The van der Waals surface area contributed by atoms with Crippen LogP contribution in [0, 0.1) is 0 Å². The third kappa shape index (κ3) is 6.30. The van der Waals surface area contributed by atoms with Crippen LogP contribution in [-0.4, -0.2) is 69.0 Å². The molecule has 0 unspecified atom stereocenters. The average molecular weight is 447 g/mol. The third-order valence-corrected chi connectivity index (χ3v) is 5.37. The number of nitrogens with one attached hydrogen (secondary N) is 2. The predicted molar refractivity (Wildman–Crippen MR) is 118 cm³/mol. The Labute approximate surface area is 185 Å². The van der Waals surface area contributed by atoms with Gasteiger partial charge in [0.2, 0.25) is 11.8 Å². The molecule has 10 nitrogen and oxygen atoms in total. The van der Waals surface area contributed by atoms with Gasteiger partial charge in [-0.15, -0.1) is 0 Å².